The quantitative estimate of drug-likeness (QED) is 0.519. The summed E-state index contributed by atoms with van der Waals surface area (Å²) in [6.07, 6.45) is 0.131. The van der Waals surface area contributed by atoms with Crippen LogP contribution >= 0.6 is 11.3 Å². The molecule has 0 radical (unpaired) electrons. The molecule has 3 rings (SSSR count). The molecule has 1 aromatic heterocycles. The van der Waals surface area contributed by atoms with Gasteiger partial charge in [0, 0.05) is 18.0 Å². The van der Waals surface area contributed by atoms with Crippen LogP contribution in [0.25, 0.3) is 11.1 Å². The number of carboxylic acids is 1. The molecular weight excluding hydrogens is 358 g/mol. The molecule has 0 bridgehead atoms. The van der Waals surface area contributed by atoms with E-state index in [1.165, 1.54) is 22.3 Å². The number of thiophene rings is 1. The van der Waals surface area contributed by atoms with Crippen molar-refractivity contribution in [2.24, 2.45) is 0 Å². The highest BCUT2D eigenvalue weighted by Crippen LogP contribution is 2.28. The van der Waals surface area contributed by atoms with Crippen molar-refractivity contribution in [3.05, 3.63) is 76.7 Å². The van der Waals surface area contributed by atoms with Gasteiger partial charge in [-0.25, -0.2) is 0 Å². The SMILES string of the molecule is Cc1c(COc2ccc(CNCCC(=O)O)s2)cccc1-c1ccccc1. The van der Waals surface area contributed by atoms with Crippen LogP contribution in [-0.4, -0.2) is 17.6 Å². The van der Waals surface area contributed by atoms with Crippen LogP contribution in [0.3, 0.4) is 0 Å². The fourth-order valence-electron chi connectivity index (χ4n) is 2.86. The summed E-state index contributed by atoms with van der Waals surface area (Å²) in [5.74, 6) is -0.786. The maximum atomic E-state index is 10.5. The fraction of sp³-hybridized carbons (Fsp3) is 0.227. The summed E-state index contributed by atoms with van der Waals surface area (Å²) in [5, 5.41) is 12.6. The van der Waals surface area contributed by atoms with Gasteiger partial charge >= 0.3 is 5.97 Å². The Kier molecular flexibility index (Phi) is 6.63. The molecule has 0 saturated heterocycles. The number of hydrogen-bond donors (Lipinski definition) is 2. The topological polar surface area (TPSA) is 58.6 Å². The first-order valence-corrected chi connectivity index (χ1v) is 9.73. The average molecular weight is 381 g/mol. The molecule has 1 heterocycles. The number of nitrogens with one attached hydrogen (secondary N) is 1. The Hall–Kier alpha value is -2.63. The third kappa shape index (κ3) is 5.42. The van der Waals surface area contributed by atoms with Crippen molar-refractivity contribution >= 4 is 17.3 Å². The Balaban J connectivity index is 1.58. The van der Waals surface area contributed by atoms with Gasteiger partial charge in [-0.2, -0.15) is 0 Å². The number of carbonyl (C=O) groups is 1. The van der Waals surface area contributed by atoms with Crippen molar-refractivity contribution in [2.45, 2.75) is 26.5 Å². The monoisotopic (exact) mass is 381 g/mol. The van der Waals surface area contributed by atoms with Gasteiger partial charge in [0.2, 0.25) is 0 Å². The second-order valence-electron chi connectivity index (χ2n) is 6.29. The molecule has 2 N–H and O–H groups in total. The average Bonchev–Trinajstić information content (AvgIpc) is 3.13. The van der Waals surface area contributed by atoms with E-state index in [2.05, 4.69) is 54.7 Å². The zero-order valence-electron chi connectivity index (χ0n) is 15.3. The molecule has 27 heavy (non-hydrogen) atoms. The molecule has 140 valence electrons. The number of ether oxygens (including phenoxy) is 1. The Labute approximate surface area is 163 Å². The lowest BCUT2D eigenvalue weighted by Crippen LogP contribution is -2.16. The summed E-state index contributed by atoms with van der Waals surface area (Å²) in [7, 11) is 0. The van der Waals surface area contributed by atoms with Gasteiger partial charge in [-0.05, 0) is 41.3 Å². The highest BCUT2D eigenvalue weighted by molar-refractivity contribution is 7.13. The van der Waals surface area contributed by atoms with Crippen molar-refractivity contribution in [1.29, 1.82) is 0 Å². The lowest BCUT2D eigenvalue weighted by Gasteiger charge is -2.12. The number of hydrogen-bond acceptors (Lipinski definition) is 4. The second kappa shape index (κ2) is 9.35. The maximum absolute atomic E-state index is 10.5. The second-order valence-corrected chi connectivity index (χ2v) is 7.42. The molecule has 0 aliphatic carbocycles. The van der Waals surface area contributed by atoms with Crippen LogP contribution in [0.4, 0.5) is 0 Å². The van der Waals surface area contributed by atoms with Gasteiger partial charge in [0.1, 0.15) is 6.61 Å². The molecule has 3 aromatic rings. The van der Waals surface area contributed by atoms with E-state index in [0.29, 0.717) is 19.7 Å². The molecule has 5 heteroatoms. The molecule has 0 amide bonds. The lowest BCUT2D eigenvalue weighted by atomic mass is 9.97. The first-order valence-electron chi connectivity index (χ1n) is 8.91. The molecule has 0 unspecified atom stereocenters. The molecule has 0 fully saturated rings. The van der Waals surface area contributed by atoms with Crippen LogP contribution < -0.4 is 10.1 Å². The molecule has 4 nitrogen and oxygen atoms in total. The van der Waals surface area contributed by atoms with Gasteiger partial charge in [0.15, 0.2) is 5.06 Å². The summed E-state index contributed by atoms with van der Waals surface area (Å²) in [6.45, 7) is 3.78. The van der Waals surface area contributed by atoms with E-state index in [0.717, 1.165) is 9.94 Å². The predicted molar refractivity (Wildman–Crippen MR) is 109 cm³/mol. The van der Waals surface area contributed by atoms with Crippen LogP contribution in [0.5, 0.6) is 5.06 Å². The van der Waals surface area contributed by atoms with Crippen LogP contribution in [0.1, 0.15) is 22.4 Å². The van der Waals surface area contributed by atoms with Crippen LogP contribution in [0, 0.1) is 6.92 Å². The molecule has 0 saturated carbocycles. The largest absolute Gasteiger partial charge is 0.481 e. The zero-order chi connectivity index (χ0) is 19.1. The van der Waals surface area contributed by atoms with Crippen molar-refractivity contribution in [1.82, 2.24) is 5.32 Å². The van der Waals surface area contributed by atoms with Crippen LogP contribution in [0.2, 0.25) is 0 Å². The van der Waals surface area contributed by atoms with Crippen LogP contribution in [0.15, 0.2) is 60.7 Å². The van der Waals surface area contributed by atoms with Crippen molar-refractivity contribution in [3.63, 3.8) is 0 Å². The van der Waals surface area contributed by atoms with E-state index in [1.54, 1.807) is 11.3 Å². The minimum Gasteiger partial charge on any atom is -0.481 e. The minimum absolute atomic E-state index is 0.131. The van der Waals surface area contributed by atoms with E-state index < -0.39 is 5.97 Å². The molecule has 0 spiro atoms. The number of rotatable bonds is 9. The van der Waals surface area contributed by atoms with Gasteiger partial charge in [-0.3, -0.25) is 4.79 Å². The summed E-state index contributed by atoms with van der Waals surface area (Å²) in [5.41, 5.74) is 4.84. The third-order valence-corrected chi connectivity index (χ3v) is 5.35. The molecule has 0 aliphatic heterocycles. The normalized spacial score (nSPS) is 10.7. The highest BCUT2D eigenvalue weighted by Gasteiger charge is 2.08. The Morgan fingerprint density at radius 2 is 1.89 bits per heavy atom. The van der Waals surface area contributed by atoms with Crippen LogP contribution in [-0.2, 0) is 17.9 Å². The number of carboxylic acid groups (broad SMARTS) is 1. The van der Waals surface area contributed by atoms with Crippen molar-refractivity contribution < 1.29 is 14.6 Å². The van der Waals surface area contributed by atoms with E-state index in [-0.39, 0.29) is 6.42 Å². The van der Waals surface area contributed by atoms with Gasteiger partial charge in [0.25, 0.3) is 0 Å². The summed E-state index contributed by atoms with van der Waals surface area (Å²) in [6, 6.07) is 20.7. The van der Waals surface area contributed by atoms with Gasteiger partial charge < -0.3 is 15.2 Å². The van der Waals surface area contributed by atoms with Crippen molar-refractivity contribution in [3.8, 4) is 16.2 Å². The third-order valence-electron chi connectivity index (χ3n) is 4.35. The Bertz CT molecular complexity index is 890. The van der Waals surface area contributed by atoms with E-state index in [4.69, 9.17) is 9.84 Å². The van der Waals surface area contributed by atoms with E-state index >= 15 is 0 Å². The van der Waals surface area contributed by atoms with Gasteiger partial charge in [-0.15, -0.1) is 11.3 Å². The first-order chi connectivity index (χ1) is 13.1. The van der Waals surface area contributed by atoms with Gasteiger partial charge in [0.05, 0.1) is 6.42 Å². The minimum atomic E-state index is -0.786. The number of aliphatic carboxylic acids is 1. The summed E-state index contributed by atoms with van der Waals surface area (Å²) < 4.78 is 5.99. The zero-order valence-corrected chi connectivity index (χ0v) is 16.1. The standard InChI is InChI=1S/C22H23NO3S/c1-16-18(8-5-9-20(16)17-6-3-2-4-7-17)15-26-22-11-10-19(27-22)14-23-13-12-21(24)25/h2-11,23H,12-15H2,1H3,(H,24,25). The van der Waals surface area contributed by atoms with Gasteiger partial charge in [-0.1, -0.05) is 48.5 Å². The highest BCUT2D eigenvalue weighted by atomic mass is 32.1. The number of benzene rings is 2. The van der Waals surface area contributed by atoms with E-state index in [9.17, 15) is 4.79 Å². The molecule has 2 aromatic carbocycles. The lowest BCUT2D eigenvalue weighted by molar-refractivity contribution is -0.136. The Morgan fingerprint density at radius 3 is 2.67 bits per heavy atom. The molecule has 0 aliphatic rings. The first kappa shape index (κ1) is 19.1. The Morgan fingerprint density at radius 1 is 1.07 bits per heavy atom. The molecule has 0 atom stereocenters. The fourth-order valence-corrected chi connectivity index (χ4v) is 3.68. The summed E-state index contributed by atoms with van der Waals surface area (Å²) in [4.78, 5) is 11.6. The van der Waals surface area contributed by atoms with Crippen molar-refractivity contribution in [2.75, 3.05) is 6.54 Å². The smallest absolute Gasteiger partial charge is 0.304 e. The molecular formula is C22H23NO3S. The summed E-state index contributed by atoms with van der Waals surface area (Å²) >= 11 is 1.59. The maximum Gasteiger partial charge on any atom is 0.304 e. The predicted octanol–water partition coefficient (Wildman–Crippen LogP) is 4.87. The van der Waals surface area contributed by atoms with E-state index in [1.807, 2.05) is 18.2 Å².